The second-order valence-corrected chi connectivity index (χ2v) is 12.2. The van der Waals surface area contributed by atoms with Gasteiger partial charge in [0.1, 0.15) is 0 Å². The highest BCUT2D eigenvalue weighted by atomic mass is 35.5. The lowest BCUT2D eigenvalue weighted by atomic mass is 9.75. The number of benzene rings is 2. The van der Waals surface area contributed by atoms with E-state index >= 15 is 0 Å². The predicted octanol–water partition coefficient (Wildman–Crippen LogP) is 6.48. The van der Waals surface area contributed by atoms with Crippen molar-refractivity contribution in [3.05, 3.63) is 59.1 Å². The van der Waals surface area contributed by atoms with Crippen LogP contribution in [0.1, 0.15) is 51.4 Å². The first-order chi connectivity index (χ1) is 14.6. The molecule has 0 aromatic heterocycles. The molecule has 3 rings (SSSR count). The summed E-state index contributed by atoms with van der Waals surface area (Å²) < 4.78 is 21.0. The van der Waals surface area contributed by atoms with E-state index in [0.717, 1.165) is 24.9 Å². The molecule has 170 valence electrons. The number of halogens is 1. The van der Waals surface area contributed by atoms with E-state index in [1.165, 1.54) is 0 Å². The summed E-state index contributed by atoms with van der Waals surface area (Å²) in [5.74, 6) is 0.00925. The molecule has 2 aromatic carbocycles. The highest BCUT2D eigenvalue weighted by Crippen LogP contribution is 2.60. The van der Waals surface area contributed by atoms with Crippen molar-refractivity contribution in [2.75, 3.05) is 19.0 Å². The molecule has 0 radical (unpaired) electrons. The Hall–Kier alpha value is -1.32. The fraction of sp³-hybridized carbons (Fsp3) is 0.520. The number of aliphatic hydroxyl groups excluding tert-OH is 1. The quantitative estimate of drug-likeness (QED) is 0.477. The maximum absolute atomic E-state index is 14.5. The van der Waals surface area contributed by atoms with Crippen LogP contribution in [0.3, 0.4) is 0 Å². The summed E-state index contributed by atoms with van der Waals surface area (Å²) in [6.07, 6.45) is 2.92. The molecule has 4 nitrogen and oxygen atoms in total. The van der Waals surface area contributed by atoms with Gasteiger partial charge in [-0.15, -0.1) is 0 Å². The summed E-state index contributed by atoms with van der Waals surface area (Å²) in [6.45, 7) is 6.62. The fourth-order valence-electron chi connectivity index (χ4n) is 4.49. The summed E-state index contributed by atoms with van der Waals surface area (Å²) >= 11 is 6.03. The van der Waals surface area contributed by atoms with Crippen LogP contribution in [0.2, 0.25) is 5.02 Å². The number of nitrogens with zero attached hydrogens (tertiary/aromatic N) is 1. The minimum atomic E-state index is -3.63. The molecule has 1 N–H and O–H groups in total. The lowest BCUT2D eigenvalue weighted by Crippen LogP contribution is -2.35. The number of anilines is 1. The van der Waals surface area contributed by atoms with Gasteiger partial charge in [-0.2, -0.15) is 0 Å². The van der Waals surface area contributed by atoms with Crippen LogP contribution in [0.5, 0.6) is 0 Å². The van der Waals surface area contributed by atoms with E-state index in [9.17, 15) is 9.67 Å². The van der Waals surface area contributed by atoms with Crippen LogP contribution in [-0.2, 0) is 9.09 Å². The van der Waals surface area contributed by atoms with E-state index in [4.69, 9.17) is 16.1 Å². The van der Waals surface area contributed by atoms with Crippen molar-refractivity contribution in [2.45, 2.75) is 52.0 Å². The van der Waals surface area contributed by atoms with Gasteiger partial charge in [0.15, 0.2) is 5.85 Å². The van der Waals surface area contributed by atoms with Gasteiger partial charge in [0.05, 0.1) is 6.10 Å². The Labute approximate surface area is 192 Å². The molecule has 0 heterocycles. The standard InChI is InChI=1S/C25H35ClNO3P/c1-17(2)23-15-6-18(3)16-24(23)30-31(29,22-13-11-21(12-14-22)27(4)5)25(28)19-7-9-20(26)10-8-19/h7-14,17-18,23-25,28H,6,15-16H2,1-5H3/t18-,23+,24+,25-,31-/m0/s1. The van der Waals surface area contributed by atoms with Crippen LogP contribution < -0.4 is 10.2 Å². The van der Waals surface area contributed by atoms with Crippen molar-refractivity contribution in [1.29, 1.82) is 0 Å². The molecule has 0 bridgehead atoms. The van der Waals surface area contributed by atoms with E-state index in [2.05, 4.69) is 20.8 Å². The molecule has 0 unspecified atom stereocenters. The molecule has 0 saturated heterocycles. The van der Waals surface area contributed by atoms with Crippen molar-refractivity contribution in [1.82, 2.24) is 0 Å². The van der Waals surface area contributed by atoms with E-state index in [1.807, 2.05) is 43.3 Å². The van der Waals surface area contributed by atoms with Crippen LogP contribution in [-0.4, -0.2) is 25.3 Å². The third-order valence-corrected chi connectivity index (χ3v) is 9.27. The van der Waals surface area contributed by atoms with Gasteiger partial charge in [-0.1, -0.05) is 50.9 Å². The Balaban J connectivity index is 2.02. The maximum Gasteiger partial charge on any atom is 0.264 e. The molecule has 0 spiro atoms. The predicted molar refractivity (Wildman–Crippen MR) is 131 cm³/mol. The lowest BCUT2D eigenvalue weighted by molar-refractivity contribution is 0.0427. The second-order valence-electron chi connectivity index (χ2n) is 9.40. The molecule has 0 amide bonds. The van der Waals surface area contributed by atoms with Gasteiger partial charge in [-0.25, -0.2) is 0 Å². The first-order valence-corrected chi connectivity index (χ1v) is 13.2. The summed E-state index contributed by atoms with van der Waals surface area (Å²) in [6, 6.07) is 14.4. The van der Waals surface area contributed by atoms with E-state index in [0.29, 0.717) is 33.6 Å². The molecule has 31 heavy (non-hydrogen) atoms. The largest absolute Gasteiger partial charge is 0.378 e. The Morgan fingerprint density at radius 1 is 1.06 bits per heavy atom. The smallest absolute Gasteiger partial charge is 0.264 e. The van der Waals surface area contributed by atoms with Crippen molar-refractivity contribution in [3.63, 3.8) is 0 Å². The number of aliphatic hydroxyl groups is 1. The van der Waals surface area contributed by atoms with Crippen LogP contribution in [0.25, 0.3) is 0 Å². The van der Waals surface area contributed by atoms with Crippen molar-refractivity contribution < 1.29 is 14.2 Å². The molecule has 1 aliphatic carbocycles. The number of hydrogen-bond acceptors (Lipinski definition) is 4. The normalized spacial score (nSPS) is 24.6. The molecule has 1 aliphatic rings. The average Bonchev–Trinajstić information content (AvgIpc) is 2.73. The topological polar surface area (TPSA) is 49.8 Å². The number of rotatable bonds is 7. The second kappa shape index (κ2) is 10.1. The van der Waals surface area contributed by atoms with E-state index in [1.54, 1.807) is 24.3 Å². The Kier molecular flexibility index (Phi) is 7.91. The first-order valence-electron chi connectivity index (χ1n) is 11.1. The third kappa shape index (κ3) is 5.54. The van der Waals surface area contributed by atoms with Gasteiger partial charge in [0.25, 0.3) is 7.37 Å². The van der Waals surface area contributed by atoms with Crippen LogP contribution in [0.4, 0.5) is 5.69 Å². The summed E-state index contributed by atoms with van der Waals surface area (Å²) in [4.78, 5) is 1.99. The molecule has 5 atom stereocenters. The monoisotopic (exact) mass is 463 g/mol. The highest BCUT2D eigenvalue weighted by Gasteiger charge is 2.42. The Bertz CT molecular complexity index is 898. The van der Waals surface area contributed by atoms with Gasteiger partial charge in [-0.3, -0.25) is 4.57 Å². The zero-order valence-corrected chi connectivity index (χ0v) is 20.8. The van der Waals surface area contributed by atoms with Crippen molar-refractivity contribution in [3.8, 4) is 0 Å². The minimum absolute atomic E-state index is 0.148. The van der Waals surface area contributed by atoms with Gasteiger partial charge in [-0.05, 0) is 72.6 Å². The Morgan fingerprint density at radius 2 is 1.68 bits per heavy atom. The van der Waals surface area contributed by atoms with E-state index in [-0.39, 0.29) is 6.10 Å². The third-order valence-electron chi connectivity index (χ3n) is 6.47. The lowest BCUT2D eigenvalue weighted by Gasteiger charge is -2.40. The molecule has 1 saturated carbocycles. The zero-order chi connectivity index (χ0) is 22.8. The Morgan fingerprint density at radius 3 is 2.23 bits per heavy atom. The SMILES string of the molecule is CC(C)[C@H]1CC[C@H](C)C[C@H]1O[P@@](=O)(c1ccc(N(C)C)cc1)[C@H](O)c1ccc(Cl)cc1. The number of hydrogen-bond donors (Lipinski definition) is 1. The molecule has 6 heteroatoms. The van der Waals surface area contributed by atoms with Crippen LogP contribution >= 0.6 is 19.0 Å². The molecule has 2 aromatic rings. The van der Waals surface area contributed by atoms with Gasteiger partial charge in [0.2, 0.25) is 0 Å². The van der Waals surface area contributed by atoms with Crippen molar-refractivity contribution in [2.24, 2.45) is 17.8 Å². The molecular formula is C25H35ClNO3P. The van der Waals surface area contributed by atoms with Crippen LogP contribution in [0, 0.1) is 17.8 Å². The first kappa shape index (κ1) is 24.3. The molecular weight excluding hydrogens is 429 g/mol. The highest BCUT2D eigenvalue weighted by molar-refractivity contribution is 7.67. The fourth-order valence-corrected chi connectivity index (χ4v) is 6.91. The maximum atomic E-state index is 14.5. The molecule has 0 aliphatic heterocycles. The summed E-state index contributed by atoms with van der Waals surface area (Å²) in [5.41, 5.74) is 1.55. The zero-order valence-electron chi connectivity index (χ0n) is 19.2. The van der Waals surface area contributed by atoms with Gasteiger partial charge < -0.3 is 14.5 Å². The summed E-state index contributed by atoms with van der Waals surface area (Å²) in [7, 11) is 0.297. The van der Waals surface area contributed by atoms with Crippen molar-refractivity contribution >= 4 is 30.0 Å². The minimum Gasteiger partial charge on any atom is -0.378 e. The van der Waals surface area contributed by atoms with Gasteiger partial charge >= 0.3 is 0 Å². The average molecular weight is 464 g/mol. The summed E-state index contributed by atoms with van der Waals surface area (Å²) in [5, 5.41) is 12.5. The van der Waals surface area contributed by atoms with Gasteiger partial charge in [0, 0.05) is 30.1 Å². The van der Waals surface area contributed by atoms with Crippen LogP contribution in [0.15, 0.2) is 48.5 Å². The van der Waals surface area contributed by atoms with E-state index < -0.39 is 13.2 Å². The molecule has 1 fully saturated rings.